The van der Waals surface area contributed by atoms with Gasteiger partial charge in [0.25, 0.3) is 0 Å². The zero-order valence-electron chi connectivity index (χ0n) is 11.2. The number of nitrogens with one attached hydrogen (secondary N) is 1. The van der Waals surface area contributed by atoms with Gasteiger partial charge in [-0.15, -0.1) is 0 Å². The Morgan fingerprint density at radius 1 is 1.24 bits per heavy atom. The van der Waals surface area contributed by atoms with Crippen molar-refractivity contribution in [3.05, 3.63) is 0 Å². The van der Waals surface area contributed by atoms with Crippen LogP contribution in [-0.4, -0.2) is 47.6 Å². The third-order valence-corrected chi connectivity index (χ3v) is 2.62. The van der Waals surface area contributed by atoms with Gasteiger partial charge in [-0.25, -0.2) is 0 Å². The van der Waals surface area contributed by atoms with E-state index in [2.05, 4.69) is 5.32 Å². The molecule has 5 heteroatoms. The second kappa shape index (κ2) is 8.06. The van der Waals surface area contributed by atoms with Gasteiger partial charge in [0.1, 0.15) is 6.04 Å². The number of carbonyl (C=O) groups excluding carboxylic acids is 1. The third kappa shape index (κ3) is 6.26. The molecule has 1 atom stereocenters. The van der Waals surface area contributed by atoms with E-state index < -0.39 is 12.0 Å². The lowest BCUT2D eigenvalue weighted by atomic mass is 10.0. The highest BCUT2D eigenvalue weighted by Gasteiger charge is 2.20. The van der Waals surface area contributed by atoms with Crippen LogP contribution < -0.4 is 5.32 Å². The molecule has 0 aromatic carbocycles. The first kappa shape index (κ1) is 15.9. The number of amides is 1. The molecule has 1 unspecified atom stereocenters. The summed E-state index contributed by atoms with van der Waals surface area (Å²) in [6.07, 6.45) is 0.529. The van der Waals surface area contributed by atoms with Crippen molar-refractivity contribution in [1.29, 1.82) is 0 Å². The second-order valence-electron chi connectivity index (χ2n) is 4.47. The molecule has 1 amide bonds. The molecule has 0 aromatic rings. The first-order valence-electron chi connectivity index (χ1n) is 6.16. The molecule has 0 aromatic heterocycles. The van der Waals surface area contributed by atoms with Gasteiger partial charge in [-0.05, 0) is 26.2 Å². The zero-order chi connectivity index (χ0) is 13.4. The lowest BCUT2D eigenvalue weighted by Crippen LogP contribution is -2.45. The Morgan fingerprint density at radius 3 is 2.12 bits per heavy atom. The Hall–Kier alpha value is -1.10. The van der Waals surface area contributed by atoms with Crippen molar-refractivity contribution in [1.82, 2.24) is 10.2 Å². The Morgan fingerprint density at radius 2 is 1.76 bits per heavy atom. The lowest BCUT2D eigenvalue weighted by molar-refractivity contribution is -0.140. The van der Waals surface area contributed by atoms with Crippen molar-refractivity contribution in [2.45, 2.75) is 40.2 Å². The van der Waals surface area contributed by atoms with Crippen LogP contribution in [0.4, 0.5) is 0 Å². The molecule has 0 radical (unpaired) electrons. The third-order valence-electron chi connectivity index (χ3n) is 2.62. The predicted molar refractivity (Wildman–Crippen MR) is 66.8 cm³/mol. The van der Waals surface area contributed by atoms with Crippen LogP contribution in [0.3, 0.4) is 0 Å². The van der Waals surface area contributed by atoms with E-state index in [1.807, 2.05) is 27.7 Å². The van der Waals surface area contributed by atoms with Gasteiger partial charge in [0, 0.05) is 13.1 Å². The summed E-state index contributed by atoms with van der Waals surface area (Å²) in [4.78, 5) is 24.3. The van der Waals surface area contributed by atoms with Crippen LogP contribution in [0, 0.1) is 5.92 Å². The van der Waals surface area contributed by atoms with Crippen molar-refractivity contribution in [2.24, 2.45) is 5.92 Å². The summed E-state index contributed by atoms with van der Waals surface area (Å²) in [5, 5.41) is 11.8. The number of rotatable bonds is 8. The zero-order valence-corrected chi connectivity index (χ0v) is 11.2. The first-order chi connectivity index (χ1) is 7.92. The molecule has 2 N–H and O–H groups in total. The number of likely N-dealkylation sites (N-methyl/N-ethyl adjacent to an activating group) is 1. The van der Waals surface area contributed by atoms with Gasteiger partial charge in [-0.2, -0.15) is 0 Å². The topological polar surface area (TPSA) is 69.6 Å². The number of carboxylic acid groups (broad SMARTS) is 1. The number of hydrogen-bond donors (Lipinski definition) is 2. The van der Waals surface area contributed by atoms with E-state index in [-0.39, 0.29) is 18.4 Å². The van der Waals surface area contributed by atoms with Crippen LogP contribution in [0.15, 0.2) is 0 Å². The largest absolute Gasteiger partial charge is 0.480 e. The van der Waals surface area contributed by atoms with Gasteiger partial charge in [0.15, 0.2) is 0 Å². The monoisotopic (exact) mass is 244 g/mol. The lowest BCUT2D eigenvalue weighted by Gasteiger charge is -2.21. The van der Waals surface area contributed by atoms with Crippen molar-refractivity contribution in [3.63, 3.8) is 0 Å². The van der Waals surface area contributed by atoms with E-state index >= 15 is 0 Å². The molecule has 0 heterocycles. The van der Waals surface area contributed by atoms with Crippen molar-refractivity contribution in [3.8, 4) is 0 Å². The molecule has 0 saturated heterocycles. The molecule has 0 bridgehead atoms. The minimum atomic E-state index is -0.897. The molecule has 5 nitrogen and oxygen atoms in total. The van der Waals surface area contributed by atoms with E-state index in [1.54, 1.807) is 4.90 Å². The molecule has 0 fully saturated rings. The highest BCUT2D eigenvalue weighted by Crippen LogP contribution is 2.04. The normalized spacial score (nSPS) is 12.5. The number of hydrogen-bond acceptors (Lipinski definition) is 3. The Kier molecular flexibility index (Phi) is 7.54. The summed E-state index contributed by atoms with van der Waals surface area (Å²) in [6, 6.07) is -0.644. The van der Waals surface area contributed by atoms with Gasteiger partial charge >= 0.3 is 5.97 Å². The SMILES string of the molecule is CCN(CC)C(=O)CNC(CC(C)C)C(=O)O. The van der Waals surface area contributed by atoms with Gasteiger partial charge in [-0.1, -0.05) is 13.8 Å². The van der Waals surface area contributed by atoms with E-state index in [0.717, 1.165) is 0 Å². The van der Waals surface area contributed by atoms with Gasteiger partial charge in [0.05, 0.1) is 6.54 Å². The quantitative estimate of drug-likeness (QED) is 0.667. The minimum absolute atomic E-state index is 0.0509. The summed E-state index contributed by atoms with van der Waals surface area (Å²) in [7, 11) is 0. The van der Waals surface area contributed by atoms with Crippen LogP contribution in [0.2, 0.25) is 0 Å². The molecule has 0 aliphatic carbocycles. The summed E-state index contributed by atoms with van der Waals surface area (Å²) in [5.74, 6) is -0.664. The molecule has 0 aliphatic rings. The van der Waals surface area contributed by atoms with Crippen LogP contribution in [0.25, 0.3) is 0 Å². The Bertz CT molecular complexity index is 250. The second-order valence-corrected chi connectivity index (χ2v) is 4.47. The van der Waals surface area contributed by atoms with E-state index in [4.69, 9.17) is 5.11 Å². The predicted octanol–water partition coefficient (Wildman–Crippen LogP) is 0.944. The number of aliphatic carboxylic acids is 1. The standard InChI is InChI=1S/C12H24N2O3/c1-5-14(6-2)11(15)8-13-10(12(16)17)7-9(3)4/h9-10,13H,5-8H2,1-4H3,(H,16,17). The number of carbonyl (C=O) groups is 2. The number of carboxylic acids is 1. The van der Waals surface area contributed by atoms with E-state index in [0.29, 0.717) is 19.5 Å². The Balaban J connectivity index is 4.21. The molecule has 0 rings (SSSR count). The smallest absolute Gasteiger partial charge is 0.320 e. The maximum Gasteiger partial charge on any atom is 0.320 e. The van der Waals surface area contributed by atoms with Gasteiger partial charge in [0.2, 0.25) is 5.91 Å². The maximum absolute atomic E-state index is 11.7. The molecular weight excluding hydrogens is 220 g/mol. The fourth-order valence-electron chi connectivity index (χ4n) is 1.64. The van der Waals surface area contributed by atoms with Crippen LogP contribution >= 0.6 is 0 Å². The van der Waals surface area contributed by atoms with Crippen molar-refractivity contribution < 1.29 is 14.7 Å². The highest BCUT2D eigenvalue weighted by atomic mass is 16.4. The summed E-state index contributed by atoms with van der Waals surface area (Å²) >= 11 is 0. The molecule has 0 saturated carbocycles. The van der Waals surface area contributed by atoms with Gasteiger partial charge < -0.3 is 10.0 Å². The number of nitrogens with zero attached hydrogens (tertiary/aromatic N) is 1. The average Bonchev–Trinajstić information content (AvgIpc) is 2.25. The maximum atomic E-state index is 11.7. The first-order valence-corrected chi connectivity index (χ1v) is 6.16. The minimum Gasteiger partial charge on any atom is -0.480 e. The molecule has 0 aliphatic heterocycles. The molecular formula is C12H24N2O3. The summed E-state index contributed by atoms with van der Waals surface area (Å²) in [6.45, 7) is 9.13. The van der Waals surface area contributed by atoms with E-state index in [9.17, 15) is 9.59 Å². The average molecular weight is 244 g/mol. The molecule has 100 valence electrons. The van der Waals surface area contributed by atoms with Crippen LogP contribution in [0.5, 0.6) is 0 Å². The van der Waals surface area contributed by atoms with E-state index in [1.165, 1.54) is 0 Å². The van der Waals surface area contributed by atoms with Gasteiger partial charge in [-0.3, -0.25) is 14.9 Å². The fourth-order valence-corrected chi connectivity index (χ4v) is 1.64. The van der Waals surface area contributed by atoms with Crippen molar-refractivity contribution in [2.75, 3.05) is 19.6 Å². The van der Waals surface area contributed by atoms with Crippen LogP contribution in [0.1, 0.15) is 34.1 Å². The molecule has 17 heavy (non-hydrogen) atoms. The highest BCUT2D eigenvalue weighted by molar-refractivity contribution is 5.80. The Labute approximate surface area is 103 Å². The molecule has 0 spiro atoms. The fraction of sp³-hybridized carbons (Fsp3) is 0.833. The summed E-state index contributed by atoms with van der Waals surface area (Å²) in [5.41, 5.74) is 0. The van der Waals surface area contributed by atoms with Crippen LogP contribution in [-0.2, 0) is 9.59 Å². The van der Waals surface area contributed by atoms with Crippen molar-refractivity contribution >= 4 is 11.9 Å². The summed E-state index contributed by atoms with van der Waals surface area (Å²) < 4.78 is 0.